The van der Waals surface area contributed by atoms with E-state index in [0.717, 1.165) is 44.6 Å². The van der Waals surface area contributed by atoms with Gasteiger partial charge in [-0.15, -0.1) is 0 Å². The standard InChI is InChI=1S/C22H31N7O3/c1-3-32-19-15-17(7-8-18(19)30-2)16-23-27-20-24-21(28-9-5-4-6-10-28)26-22(25-20)29-11-13-31-14-12-29/h7-8,15-16H,3-6,9-14H2,1-2H3,(H,24,25,26,27)/b23-16-. The highest BCUT2D eigenvalue weighted by Crippen LogP contribution is 2.27. The monoisotopic (exact) mass is 441 g/mol. The van der Waals surface area contributed by atoms with Gasteiger partial charge in [0, 0.05) is 26.2 Å². The van der Waals surface area contributed by atoms with Crippen LogP contribution in [0.4, 0.5) is 17.8 Å². The lowest BCUT2D eigenvalue weighted by Gasteiger charge is -2.30. The number of rotatable bonds is 8. The second kappa shape index (κ2) is 10.9. The van der Waals surface area contributed by atoms with Gasteiger partial charge in [-0.25, -0.2) is 5.43 Å². The van der Waals surface area contributed by atoms with Crippen LogP contribution >= 0.6 is 0 Å². The number of ether oxygens (including phenoxy) is 3. The van der Waals surface area contributed by atoms with Crippen LogP contribution in [-0.4, -0.2) is 74.3 Å². The SMILES string of the molecule is CCOc1cc(/C=N\Nc2nc(N3CCCCC3)nc(N3CCOCC3)n2)ccc1OC. The van der Waals surface area contributed by atoms with Crippen LogP contribution in [-0.2, 0) is 4.74 Å². The molecule has 0 amide bonds. The third kappa shape index (κ3) is 5.56. The summed E-state index contributed by atoms with van der Waals surface area (Å²) >= 11 is 0. The minimum Gasteiger partial charge on any atom is -0.493 e. The van der Waals surface area contributed by atoms with Crippen molar-refractivity contribution in [1.29, 1.82) is 0 Å². The minimum absolute atomic E-state index is 0.428. The summed E-state index contributed by atoms with van der Waals surface area (Å²) < 4.78 is 16.4. The average Bonchev–Trinajstić information content (AvgIpc) is 2.85. The molecule has 2 aliphatic heterocycles. The van der Waals surface area contributed by atoms with Gasteiger partial charge in [-0.3, -0.25) is 0 Å². The maximum absolute atomic E-state index is 5.64. The van der Waals surface area contributed by atoms with Crippen LogP contribution in [0.5, 0.6) is 11.5 Å². The molecule has 2 fully saturated rings. The first-order valence-corrected chi connectivity index (χ1v) is 11.2. The second-order valence-corrected chi connectivity index (χ2v) is 7.62. The fourth-order valence-corrected chi connectivity index (χ4v) is 3.75. The molecule has 1 N–H and O–H groups in total. The smallest absolute Gasteiger partial charge is 0.250 e. The van der Waals surface area contributed by atoms with Crippen LogP contribution < -0.4 is 24.7 Å². The molecule has 4 rings (SSSR count). The Kier molecular flexibility index (Phi) is 7.55. The molecule has 0 bridgehead atoms. The number of hydrazone groups is 1. The second-order valence-electron chi connectivity index (χ2n) is 7.62. The number of aromatic nitrogens is 3. The van der Waals surface area contributed by atoms with Gasteiger partial charge in [0.1, 0.15) is 0 Å². The number of hydrogen-bond donors (Lipinski definition) is 1. The lowest BCUT2D eigenvalue weighted by atomic mass is 10.1. The van der Waals surface area contributed by atoms with E-state index in [1.54, 1.807) is 13.3 Å². The Bertz CT molecular complexity index is 876. The molecule has 2 aliphatic rings. The summed E-state index contributed by atoms with van der Waals surface area (Å²) in [6.45, 7) is 7.29. The number of methoxy groups -OCH3 is 1. The molecule has 0 saturated carbocycles. The molecule has 32 heavy (non-hydrogen) atoms. The molecule has 172 valence electrons. The number of nitrogens with zero attached hydrogens (tertiary/aromatic N) is 6. The van der Waals surface area contributed by atoms with Gasteiger partial charge in [0.2, 0.25) is 17.8 Å². The van der Waals surface area contributed by atoms with Crippen LogP contribution in [0.2, 0.25) is 0 Å². The Hall–Kier alpha value is -3.14. The zero-order chi connectivity index (χ0) is 22.2. The van der Waals surface area contributed by atoms with Gasteiger partial charge in [-0.2, -0.15) is 20.1 Å². The predicted molar refractivity (Wildman–Crippen MR) is 124 cm³/mol. The van der Waals surface area contributed by atoms with Crippen molar-refractivity contribution in [2.45, 2.75) is 26.2 Å². The van der Waals surface area contributed by atoms with Gasteiger partial charge in [0.05, 0.1) is 33.1 Å². The topological polar surface area (TPSA) is 97.2 Å². The van der Waals surface area contributed by atoms with E-state index in [2.05, 4.69) is 30.3 Å². The number of piperidine rings is 1. The summed E-state index contributed by atoms with van der Waals surface area (Å²) in [5, 5.41) is 4.36. The summed E-state index contributed by atoms with van der Waals surface area (Å²) in [6.07, 6.45) is 5.26. The predicted octanol–water partition coefficient (Wildman–Crippen LogP) is 2.55. The van der Waals surface area contributed by atoms with Crippen molar-refractivity contribution < 1.29 is 14.2 Å². The highest BCUT2D eigenvalue weighted by molar-refractivity contribution is 5.81. The normalized spacial score (nSPS) is 16.9. The Morgan fingerprint density at radius 3 is 2.41 bits per heavy atom. The molecule has 10 nitrogen and oxygen atoms in total. The molecule has 0 radical (unpaired) electrons. The van der Waals surface area contributed by atoms with E-state index >= 15 is 0 Å². The molecule has 0 spiro atoms. The molecular weight excluding hydrogens is 410 g/mol. The van der Waals surface area contributed by atoms with E-state index in [1.807, 2.05) is 25.1 Å². The first-order valence-electron chi connectivity index (χ1n) is 11.2. The third-order valence-electron chi connectivity index (χ3n) is 5.41. The third-order valence-corrected chi connectivity index (χ3v) is 5.41. The van der Waals surface area contributed by atoms with Crippen molar-refractivity contribution in [3.63, 3.8) is 0 Å². The van der Waals surface area contributed by atoms with E-state index in [4.69, 9.17) is 19.2 Å². The van der Waals surface area contributed by atoms with Crippen LogP contribution in [0.25, 0.3) is 0 Å². The summed E-state index contributed by atoms with van der Waals surface area (Å²) in [5.74, 6) is 3.15. The van der Waals surface area contributed by atoms with E-state index in [0.29, 0.717) is 49.2 Å². The Balaban J connectivity index is 1.53. The molecule has 1 aromatic carbocycles. The van der Waals surface area contributed by atoms with Crippen molar-refractivity contribution in [2.24, 2.45) is 5.10 Å². The molecule has 0 unspecified atom stereocenters. The van der Waals surface area contributed by atoms with Gasteiger partial charge < -0.3 is 24.0 Å². The maximum atomic E-state index is 5.64. The summed E-state index contributed by atoms with van der Waals surface area (Å²) in [6, 6.07) is 5.66. The Morgan fingerprint density at radius 2 is 1.72 bits per heavy atom. The molecule has 1 aromatic heterocycles. The van der Waals surface area contributed by atoms with Crippen LogP contribution in [0.1, 0.15) is 31.7 Å². The highest BCUT2D eigenvalue weighted by atomic mass is 16.5. The van der Waals surface area contributed by atoms with Crippen molar-refractivity contribution in [3.05, 3.63) is 23.8 Å². The van der Waals surface area contributed by atoms with Gasteiger partial charge in [0.15, 0.2) is 11.5 Å². The Labute approximate surface area is 188 Å². The molecule has 3 heterocycles. The van der Waals surface area contributed by atoms with Gasteiger partial charge in [-0.05, 0) is 49.9 Å². The fraction of sp³-hybridized carbons (Fsp3) is 0.545. The highest BCUT2D eigenvalue weighted by Gasteiger charge is 2.20. The molecule has 10 heteroatoms. The zero-order valence-corrected chi connectivity index (χ0v) is 18.8. The van der Waals surface area contributed by atoms with E-state index in [1.165, 1.54) is 6.42 Å². The van der Waals surface area contributed by atoms with Gasteiger partial charge in [0.25, 0.3) is 0 Å². The van der Waals surface area contributed by atoms with E-state index in [9.17, 15) is 0 Å². The fourth-order valence-electron chi connectivity index (χ4n) is 3.75. The number of morpholine rings is 1. The number of nitrogens with one attached hydrogen (secondary N) is 1. The lowest BCUT2D eigenvalue weighted by molar-refractivity contribution is 0.122. The van der Waals surface area contributed by atoms with Crippen LogP contribution in [0, 0.1) is 0 Å². The molecule has 0 aliphatic carbocycles. The number of benzene rings is 1. The van der Waals surface area contributed by atoms with Gasteiger partial charge >= 0.3 is 0 Å². The van der Waals surface area contributed by atoms with Crippen LogP contribution in [0.15, 0.2) is 23.3 Å². The first-order chi connectivity index (χ1) is 15.8. The summed E-state index contributed by atoms with van der Waals surface area (Å²) in [7, 11) is 1.62. The quantitative estimate of drug-likeness (QED) is 0.489. The summed E-state index contributed by atoms with van der Waals surface area (Å²) in [4.78, 5) is 18.3. The van der Waals surface area contributed by atoms with Crippen LogP contribution in [0.3, 0.4) is 0 Å². The largest absolute Gasteiger partial charge is 0.493 e. The zero-order valence-electron chi connectivity index (χ0n) is 18.8. The maximum Gasteiger partial charge on any atom is 0.250 e. The molecular formula is C22H31N7O3. The molecule has 0 atom stereocenters. The van der Waals surface area contributed by atoms with Crippen molar-refractivity contribution in [3.8, 4) is 11.5 Å². The minimum atomic E-state index is 0.428. The van der Waals surface area contributed by atoms with Crippen molar-refractivity contribution in [2.75, 3.05) is 68.3 Å². The molecule has 2 saturated heterocycles. The van der Waals surface area contributed by atoms with E-state index in [-0.39, 0.29) is 0 Å². The first kappa shape index (κ1) is 22.1. The number of anilines is 3. The Morgan fingerprint density at radius 1 is 1.00 bits per heavy atom. The summed E-state index contributed by atoms with van der Waals surface area (Å²) in [5.41, 5.74) is 3.86. The van der Waals surface area contributed by atoms with E-state index < -0.39 is 0 Å². The molecule has 2 aromatic rings. The average molecular weight is 442 g/mol. The van der Waals surface area contributed by atoms with Gasteiger partial charge in [-0.1, -0.05) is 0 Å². The number of hydrogen-bond acceptors (Lipinski definition) is 10. The van der Waals surface area contributed by atoms with Crippen molar-refractivity contribution in [1.82, 2.24) is 15.0 Å². The van der Waals surface area contributed by atoms with Crippen molar-refractivity contribution >= 4 is 24.1 Å². The lowest BCUT2D eigenvalue weighted by Crippen LogP contribution is -2.38.